The lowest BCUT2D eigenvalue weighted by Gasteiger charge is -2.30. The third-order valence-corrected chi connectivity index (χ3v) is 4.66. The minimum absolute atomic E-state index is 0.172. The van der Waals surface area contributed by atoms with Crippen LogP contribution in [0, 0.1) is 6.92 Å². The van der Waals surface area contributed by atoms with Crippen molar-refractivity contribution in [2.45, 2.75) is 43.3 Å². The van der Waals surface area contributed by atoms with Crippen LogP contribution in [-0.2, 0) is 9.47 Å². The molecule has 0 radical (unpaired) electrons. The molecule has 0 aromatic heterocycles. The lowest BCUT2D eigenvalue weighted by Crippen LogP contribution is -2.33. The van der Waals surface area contributed by atoms with E-state index in [1.165, 1.54) is 10.5 Å². The van der Waals surface area contributed by atoms with Crippen molar-refractivity contribution in [2.24, 2.45) is 0 Å². The third-order valence-electron chi connectivity index (χ3n) is 3.52. The van der Waals surface area contributed by atoms with E-state index in [2.05, 4.69) is 44.7 Å². The predicted molar refractivity (Wildman–Crippen MR) is 87.5 cm³/mol. The Bertz CT molecular complexity index is 402. The summed E-state index contributed by atoms with van der Waals surface area (Å²) in [5, 5.41) is 0. The Balaban J connectivity index is 2.54. The Morgan fingerprint density at radius 3 is 2.45 bits per heavy atom. The van der Waals surface area contributed by atoms with E-state index in [0.29, 0.717) is 0 Å². The molecule has 0 unspecified atom stereocenters. The Morgan fingerprint density at radius 2 is 1.95 bits per heavy atom. The zero-order valence-electron chi connectivity index (χ0n) is 13.0. The molecule has 0 aliphatic carbocycles. The van der Waals surface area contributed by atoms with Crippen molar-refractivity contribution in [2.75, 3.05) is 20.0 Å². The van der Waals surface area contributed by atoms with Crippen molar-refractivity contribution in [1.82, 2.24) is 0 Å². The highest BCUT2D eigenvalue weighted by Crippen LogP contribution is 2.27. The van der Waals surface area contributed by atoms with Crippen molar-refractivity contribution >= 4 is 11.8 Å². The smallest absolute Gasteiger partial charge is 0.0709 e. The fourth-order valence-corrected chi connectivity index (χ4v) is 3.03. The highest BCUT2D eigenvalue weighted by molar-refractivity contribution is 7.99. The molecular weight excluding hydrogens is 268 g/mol. The number of thioether (sulfide) groups is 1. The first kappa shape index (κ1) is 17.3. The normalized spacial score (nSPS) is 15.6. The molecule has 0 saturated carbocycles. The molecule has 1 aromatic rings. The molecule has 0 spiro atoms. The third kappa shape index (κ3) is 5.70. The van der Waals surface area contributed by atoms with Crippen molar-refractivity contribution in [3.8, 4) is 0 Å². The topological polar surface area (TPSA) is 18.5 Å². The molecule has 1 rings (SSSR count). The van der Waals surface area contributed by atoms with Gasteiger partial charge in [0.05, 0.1) is 11.7 Å². The number of benzene rings is 1. The number of hydrogen-bond acceptors (Lipinski definition) is 3. The molecule has 0 aliphatic rings. The summed E-state index contributed by atoms with van der Waals surface area (Å²) in [5.41, 5.74) is 1.09. The average molecular weight is 294 g/mol. The van der Waals surface area contributed by atoms with Crippen LogP contribution in [0.3, 0.4) is 0 Å². The number of ether oxygens (including phenoxy) is 2. The highest BCUT2D eigenvalue weighted by atomic mass is 32.2. The zero-order valence-corrected chi connectivity index (χ0v) is 13.8. The maximum Gasteiger partial charge on any atom is 0.0709 e. The molecule has 0 N–H and O–H groups in total. The molecule has 1 aromatic carbocycles. The van der Waals surface area contributed by atoms with E-state index < -0.39 is 0 Å². The molecule has 2 atom stereocenters. The Labute approximate surface area is 127 Å². The van der Waals surface area contributed by atoms with Gasteiger partial charge in [-0.25, -0.2) is 0 Å². The number of hydrogen-bond donors (Lipinski definition) is 0. The number of methoxy groups -OCH3 is 2. The van der Waals surface area contributed by atoms with Crippen LogP contribution in [0.25, 0.3) is 0 Å². The van der Waals surface area contributed by atoms with E-state index in [1.54, 1.807) is 14.2 Å². The van der Waals surface area contributed by atoms with Crippen molar-refractivity contribution in [1.29, 1.82) is 0 Å². The lowest BCUT2D eigenvalue weighted by molar-refractivity contribution is -0.0356. The van der Waals surface area contributed by atoms with Crippen molar-refractivity contribution in [3.05, 3.63) is 42.5 Å². The second kappa shape index (κ2) is 8.50. The molecule has 0 heterocycles. The van der Waals surface area contributed by atoms with Crippen molar-refractivity contribution in [3.63, 3.8) is 0 Å². The largest absolute Gasteiger partial charge is 0.380 e. The van der Waals surface area contributed by atoms with Gasteiger partial charge >= 0.3 is 0 Å². The first-order valence-electron chi connectivity index (χ1n) is 6.91. The van der Waals surface area contributed by atoms with Gasteiger partial charge in [0.1, 0.15) is 0 Å². The molecule has 0 bridgehead atoms. The Kier molecular flexibility index (Phi) is 7.35. The molecule has 0 amide bonds. The zero-order chi connectivity index (χ0) is 15.0. The SMILES string of the molecule is C=CC[C@@](C)(C[C@H](CSc1ccc(C)cc1)OC)OC. The van der Waals surface area contributed by atoms with E-state index in [0.717, 1.165) is 18.6 Å². The van der Waals surface area contributed by atoms with Crippen LogP contribution in [0.1, 0.15) is 25.3 Å². The second-order valence-electron chi connectivity index (χ2n) is 5.33. The summed E-state index contributed by atoms with van der Waals surface area (Å²) in [6, 6.07) is 8.60. The first-order chi connectivity index (χ1) is 9.53. The van der Waals surface area contributed by atoms with Gasteiger partial charge in [-0.05, 0) is 32.4 Å². The van der Waals surface area contributed by atoms with E-state index in [1.807, 2.05) is 17.8 Å². The average Bonchev–Trinajstić information content (AvgIpc) is 2.45. The van der Waals surface area contributed by atoms with Gasteiger partial charge in [-0.1, -0.05) is 23.8 Å². The molecule has 112 valence electrons. The maximum atomic E-state index is 5.62. The fraction of sp³-hybridized carbons (Fsp3) is 0.529. The first-order valence-corrected chi connectivity index (χ1v) is 7.90. The molecule has 3 heteroatoms. The molecule has 20 heavy (non-hydrogen) atoms. The predicted octanol–water partition coefficient (Wildman–Crippen LogP) is 4.47. The summed E-state index contributed by atoms with van der Waals surface area (Å²) in [7, 11) is 3.52. The minimum atomic E-state index is -0.198. The molecular formula is C17H26O2S. The summed E-state index contributed by atoms with van der Waals surface area (Å²) in [6.07, 6.45) is 3.78. The van der Waals surface area contributed by atoms with Gasteiger partial charge in [0.15, 0.2) is 0 Å². The van der Waals surface area contributed by atoms with Crippen LogP contribution in [0.5, 0.6) is 0 Å². The van der Waals surface area contributed by atoms with Gasteiger partial charge in [0.2, 0.25) is 0 Å². The van der Waals surface area contributed by atoms with Crippen LogP contribution in [0.2, 0.25) is 0 Å². The van der Waals surface area contributed by atoms with E-state index in [-0.39, 0.29) is 11.7 Å². The second-order valence-corrected chi connectivity index (χ2v) is 6.43. The van der Waals surface area contributed by atoms with Crippen LogP contribution in [0.4, 0.5) is 0 Å². The molecule has 0 fully saturated rings. The number of aryl methyl sites for hydroxylation is 1. The summed E-state index contributed by atoms with van der Waals surface area (Å²) < 4.78 is 11.2. The quantitative estimate of drug-likeness (QED) is 0.494. The highest BCUT2D eigenvalue weighted by Gasteiger charge is 2.26. The van der Waals surface area contributed by atoms with Gasteiger partial charge in [-0.15, -0.1) is 18.3 Å². The Morgan fingerprint density at radius 1 is 1.30 bits per heavy atom. The fourth-order valence-electron chi connectivity index (χ4n) is 2.07. The Hall–Kier alpha value is -0.770. The van der Waals surface area contributed by atoms with Gasteiger partial charge in [-0.2, -0.15) is 0 Å². The van der Waals surface area contributed by atoms with E-state index in [4.69, 9.17) is 9.47 Å². The summed E-state index contributed by atoms with van der Waals surface area (Å²) in [5.74, 6) is 0.926. The van der Waals surface area contributed by atoms with Gasteiger partial charge < -0.3 is 9.47 Å². The maximum absolute atomic E-state index is 5.62. The van der Waals surface area contributed by atoms with Gasteiger partial charge in [0, 0.05) is 31.3 Å². The van der Waals surface area contributed by atoms with Gasteiger partial charge in [-0.3, -0.25) is 0 Å². The summed E-state index contributed by atoms with van der Waals surface area (Å²) in [4.78, 5) is 1.28. The standard InChI is InChI=1S/C17H26O2S/c1-6-11-17(3,19-5)12-15(18-4)13-20-16-9-7-14(2)8-10-16/h6-10,15H,1,11-13H2,2-5H3/t15-,17+/m1/s1. The molecule has 0 aliphatic heterocycles. The van der Waals surface area contributed by atoms with Crippen LogP contribution < -0.4 is 0 Å². The molecule has 0 saturated heterocycles. The molecule has 2 nitrogen and oxygen atoms in total. The number of rotatable bonds is 9. The van der Waals surface area contributed by atoms with Crippen LogP contribution >= 0.6 is 11.8 Å². The van der Waals surface area contributed by atoms with Crippen LogP contribution in [-0.4, -0.2) is 31.7 Å². The van der Waals surface area contributed by atoms with E-state index in [9.17, 15) is 0 Å². The lowest BCUT2D eigenvalue weighted by atomic mass is 9.95. The van der Waals surface area contributed by atoms with Gasteiger partial charge in [0.25, 0.3) is 0 Å². The summed E-state index contributed by atoms with van der Waals surface area (Å²) >= 11 is 1.82. The monoisotopic (exact) mass is 294 g/mol. The minimum Gasteiger partial charge on any atom is -0.380 e. The van der Waals surface area contributed by atoms with E-state index >= 15 is 0 Å². The summed E-state index contributed by atoms with van der Waals surface area (Å²) in [6.45, 7) is 8.01. The van der Waals surface area contributed by atoms with Crippen molar-refractivity contribution < 1.29 is 9.47 Å². The van der Waals surface area contributed by atoms with Crippen LogP contribution in [0.15, 0.2) is 41.8 Å².